The summed E-state index contributed by atoms with van der Waals surface area (Å²) in [5.74, 6) is -0.452. The molecule has 0 atom stereocenters. The van der Waals surface area contributed by atoms with Crippen molar-refractivity contribution >= 4 is 40.6 Å². The lowest BCUT2D eigenvalue weighted by Gasteiger charge is -2.07. The van der Waals surface area contributed by atoms with Gasteiger partial charge in [0.05, 0.1) is 11.5 Å². The molecule has 1 N–H and O–H groups in total. The molecular weight excluding hydrogens is 383 g/mol. The van der Waals surface area contributed by atoms with Gasteiger partial charge in [0.15, 0.2) is 5.82 Å². The zero-order valence-electron chi connectivity index (χ0n) is 13.4. The Hall–Kier alpha value is -2.91. The quantitative estimate of drug-likeness (QED) is 0.528. The van der Waals surface area contributed by atoms with Gasteiger partial charge < -0.3 is 5.32 Å². The van der Waals surface area contributed by atoms with E-state index in [1.165, 1.54) is 7.05 Å². The van der Waals surface area contributed by atoms with Crippen molar-refractivity contribution in [1.29, 1.82) is 0 Å². The maximum absolute atomic E-state index is 12.3. The normalized spacial score (nSPS) is 10.7. The highest BCUT2D eigenvalue weighted by Gasteiger charge is 2.26. The lowest BCUT2D eigenvalue weighted by atomic mass is 10.2. The third kappa shape index (κ3) is 3.53. The Kier molecular flexibility index (Phi) is 4.92. The van der Waals surface area contributed by atoms with Crippen molar-refractivity contribution in [2.24, 2.45) is 7.05 Å². The predicted octanol–water partition coefficient (Wildman–Crippen LogP) is 3.13. The molecule has 0 aliphatic carbocycles. The van der Waals surface area contributed by atoms with E-state index in [1.807, 2.05) is 0 Å². The van der Waals surface area contributed by atoms with Crippen molar-refractivity contribution in [3.8, 4) is 0 Å². The van der Waals surface area contributed by atoms with Gasteiger partial charge in [0.2, 0.25) is 5.69 Å². The monoisotopic (exact) mass is 394 g/mol. The van der Waals surface area contributed by atoms with Gasteiger partial charge in [-0.15, -0.1) is 0 Å². The Morgan fingerprint density at radius 2 is 2.00 bits per heavy atom. The van der Waals surface area contributed by atoms with E-state index in [9.17, 15) is 14.9 Å². The molecule has 134 valence electrons. The van der Waals surface area contributed by atoms with Crippen LogP contribution in [-0.2, 0) is 13.6 Å². The molecular formula is C15H12Cl2N6O3. The average molecular weight is 395 g/mol. The van der Waals surface area contributed by atoms with Crippen LogP contribution in [0.4, 0.5) is 11.5 Å². The summed E-state index contributed by atoms with van der Waals surface area (Å²) in [5.41, 5.74) is 0.144. The number of rotatable bonds is 5. The Labute approximate surface area is 157 Å². The van der Waals surface area contributed by atoms with Crippen LogP contribution in [0.25, 0.3) is 0 Å². The average Bonchev–Trinajstić information content (AvgIpc) is 3.17. The Morgan fingerprint density at radius 1 is 1.31 bits per heavy atom. The fraction of sp³-hybridized carbons (Fsp3) is 0.133. The van der Waals surface area contributed by atoms with E-state index >= 15 is 0 Å². The standard InChI is InChI=1S/C15H12Cl2N6O3/c1-21-14(12(7-18-21)23(25)26)15(24)19-13-5-6-22(20-13)8-9-10(16)3-2-4-11(9)17/h2-7H,8H2,1H3,(H,19,20,24). The molecule has 0 aliphatic rings. The lowest BCUT2D eigenvalue weighted by molar-refractivity contribution is -0.385. The number of hydrogen-bond acceptors (Lipinski definition) is 5. The molecule has 1 aromatic carbocycles. The van der Waals surface area contributed by atoms with Crippen molar-refractivity contribution < 1.29 is 9.72 Å². The van der Waals surface area contributed by atoms with Crippen LogP contribution >= 0.6 is 23.2 Å². The molecule has 1 amide bonds. The van der Waals surface area contributed by atoms with E-state index in [0.717, 1.165) is 10.9 Å². The smallest absolute Gasteiger partial charge is 0.304 e. The summed E-state index contributed by atoms with van der Waals surface area (Å²) in [7, 11) is 1.44. The lowest BCUT2D eigenvalue weighted by Crippen LogP contribution is -2.18. The first-order valence-corrected chi connectivity index (χ1v) is 8.06. The van der Waals surface area contributed by atoms with Crippen LogP contribution in [0.5, 0.6) is 0 Å². The summed E-state index contributed by atoms with van der Waals surface area (Å²) in [5, 5.41) is 22.5. The van der Waals surface area contributed by atoms with Gasteiger partial charge in [0.1, 0.15) is 6.20 Å². The first-order valence-electron chi connectivity index (χ1n) is 7.31. The fourth-order valence-electron chi connectivity index (χ4n) is 2.36. The summed E-state index contributed by atoms with van der Waals surface area (Å²) in [6, 6.07) is 6.74. The SMILES string of the molecule is Cn1ncc([N+](=O)[O-])c1C(=O)Nc1ccn(Cc2c(Cl)cccc2Cl)n1. The molecule has 26 heavy (non-hydrogen) atoms. The van der Waals surface area contributed by atoms with E-state index in [0.29, 0.717) is 22.2 Å². The van der Waals surface area contributed by atoms with Gasteiger partial charge in [0.25, 0.3) is 5.91 Å². The highest BCUT2D eigenvalue weighted by Crippen LogP contribution is 2.25. The van der Waals surface area contributed by atoms with Crippen molar-refractivity contribution in [2.75, 3.05) is 5.32 Å². The molecule has 0 saturated heterocycles. The Bertz CT molecular complexity index is 977. The molecule has 3 rings (SSSR count). The second-order valence-electron chi connectivity index (χ2n) is 5.31. The number of hydrogen-bond donors (Lipinski definition) is 1. The zero-order valence-corrected chi connectivity index (χ0v) is 14.9. The number of nitrogens with zero attached hydrogens (tertiary/aromatic N) is 5. The molecule has 0 unspecified atom stereocenters. The minimum Gasteiger partial charge on any atom is -0.304 e. The van der Waals surface area contributed by atoms with Gasteiger partial charge in [-0.25, -0.2) is 0 Å². The number of carbonyl (C=O) groups excluding carboxylic acids is 1. The summed E-state index contributed by atoms with van der Waals surface area (Å²) < 4.78 is 2.67. The van der Waals surface area contributed by atoms with Gasteiger partial charge in [0, 0.05) is 34.9 Å². The Morgan fingerprint density at radius 3 is 2.65 bits per heavy atom. The maximum atomic E-state index is 12.3. The molecule has 3 aromatic rings. The topological polar surface area (TPSA) is 108 Å². The second kappa shape index (κ2) is 7.14. The van der Waals surface area contributed by atoms with Gasteiger partial charge in [-0.3, -0.25) is 24.3 Å². The highest BCUT2D eigenvalue weighted by molar-refractivity contribution is 6.35. The molecule has 2 aromatic heterocycles. The van der Waals surface area contributed by atoms with E-state index in [1.54, 1.807) is 35.1 Å². The number of benzene rings is 1. The van der Waals surface area contributed by atoms with Crippen LogP contribution in [0.15, 0.2) is 36.7 Å². The molecule has 2 heterocycles. The Balaban J connectivity index is 1.78. The molecule has 0 fully saturated rings. The van der Waals surface area contributed by atoms with E-state index in [4.69, 9.17) is 23.2 Å². The third-order valence-electron chi connectivity index (χ3n) is 3.60. The number of carbonyl (C=O) groups is 1. The van der Waals surface area contributed by atoms with E-state index in [2.05, 4.69) is 15.5 Å². The molecule has 11 heteroatoms. The van der Waals surface area contributed by atoms with Gasteiger partial charge in [-0.2, -0.15) is 10.2 Å². The minimum atomic E-state index is -0.683. The largest absolute Gasteiger partial charge is 0.320 e. The van der Waals surface area contributed by atoms with Crippen molar-refractivity contribution in [2.45, 2.75) is 6.54 Å². The van der Waals surface area contributed by atoms with Crippen molar-refractivity contribution in [1.82, 2.24) is 19.6 Å². The van der Waals surface area contributed by atoms with E-state index in [-0.39, 0.29) is 17.2 Å². The molecule has 0 spiro atoms. The first-order chi connectivity index (χ1) is 12.4. The summed E-state index contributed by atoms with van der Waals surface area (Å²) >= 11 is 12.3. The van der Waals surface area contributed by atoms with Crippen LogP contribution in [-0.4, -0.2) is 30.4 Å². The third-order valence-corrected chi connectivity index (χ3v) is 4.30. The number of anilines is 1. The van der Waals surface area contributed by atoms with Crippen LogP contribution < -0.4 is 5.32 Å². The number of aryl methyl sites for hydroxylation is 1. The molecule has 9 nitrogen and oxygen atoms in total. The molecule has 0 bridgehead atoms. The highest BCUT2D eigenvalue weighted by atomic mass is 35.5. The first kappa shape index (κ1) is 17.9. The van der Waals surface area contributed by atoms with Crippen LogP contribution in [0, 0.1) is 10.1 Å². The number of nitro groups is 1. The van der Waals surface area contributed by atoms with Gasteiger partial charge >= 0.3 is 5.69 Å². The van der Waals surface area contributed by atoms with Gasteiger partial charge in [-0.1, -0.05) is 29.3 Å². The fourth-order valence-corrected chi connectivity index (χ4v) is 2.88. The minimum absolute atomic E-state index is 0.168. The predicted molar refractivity (Wildman–Crippen MR) is 95.6 cm³/mol. The van der Waals surface area contributed by atoms with Crippen molar-refractivity contribution in [3.05, 3.63) is 68.1 Å². The summed E-state index contributed by atoms with van der Waals surface area (Å²) in [4.78, 5) is 22.7. The van der Waals surface area contributed by atoms with Crippen LogP contribution in [0.1, 0.15) is 16.1 Å². The molecule has 0 aliphatic heterocycles. The zero-order chi connectivity index (χ0) is 18.8. The summed E-state index contributed by atoms with van der Waals surface area (Å²) in [6.07, 6.45) is 2.65. The van der Waals surface area contributed by atoms with Crippen LogP contribution in [0.3, 0.4) is 0 Å². The number of nitrogens with one attached hydrogen (secondary N) is 1. The van der Waals surface area contributed by atoms with Crippen LogP contribution in [0.2, 0.25) is 10.0 Å². The van der Waals surface area contributed by atoms with Crippen molar-refractivity contribution in [3.63, 3.8) is 0 Å². The second-order valence-corrected chi connectivity index (χ2v) is 6.13. The molecule has 0 radical (unpaired) electrons. The number of halogens is 2. The number of amides is 1. The summed E-state index contributed by atoms with van der Waals surface area (Å²) in [6.45, 7) is 0.306. The molecule has 0 saturated carbocycles. The maximum Gasteiger partial charge on any atom is 0.320 e. The van der Waals surface area contributed by atoms with Gasteiger partial charge in [-0.05, 0) is 12.1 Å². The van der Waals surface area contributed by atoms with E-state index < -0.39 is 10.8 Å². The number of aromatic nitrogens is 4.